The quantitative estimate of drug-likeness (QED) is 0.183. The molecule has 260 valence electrons. The van der Waals surface area contributed by atoms with Gasteiger partial charge in [0.15, 0.2) is 23.0 Å². The van der Waals surface area contributed by atoms with Gasteiger partial charge in [-0.15, -0.1) is 0 Å². The van der Waals surface area contributed by atoms with Crippen LogP contribution in [0.25, 0.3) is 33.4 Å². The van der Waals surface area contributed by atoms with E-state index < -0.39 is 5.41 Å². The fraction of sp³-hybridized carbons (Fsp3) is 0.0769. The van der Waals surface area contributed by atoms with Gasteiger partial charge in [0.25, 0.3) is 0 Å². The number of hydrogen-bond donors (Lipinski definition) is 0. The summed E-state index contributed by atoms with van der Waals surface area (Å²) in [5, 5.41) is 0. The molecular formula is C52H35NO2. The molecule has 3 nitrogen and oxygen atoms in total. The van der Waals surface area contributed by atoms with Crippen LogP contribution in [0.1, 0.15) is 47.2 Å². The van der Waals surface area contributed by atoms with Crippen molar-refractivity contribution in [2.45, 2.75) is 24.7 Å². The van der Waals surface area contributed by atoms with Gasteiger partial charge < -0.3 is 14.4 Å². The zero-order valence-electron chi connectivity index (χ0n) is 30.5. The van der Waals surface area contributed by atoms with Gasteiger partial charge in [-0.2, -0.15) is 0 Å². The molecular weight excluding hydrogens is 671 g/mol. The van der Waals surface area contributed by atoms with E-state index in [4.69, 9.17) is 9.47 Å². The van der Waals surface area contributed by atoms with Crippen LogP contribution in [0.3, 0.4) is 0 Å². The Labute approximate surface area is 320 Å². The summed E-state index contributed by atoms with van der Waals surface area (Å²) in [6.07, 6.45) is 0. The first-order valence-corrected chi connectivity index (χ1v) is 19.1. The number of fused-ring (bicyclic) bond motifs is 16. The minimum Gasteiger partial charge on any atom is -0.449 e. The Morgan fingerprint density at radius 2 is 0.945 bits per heavy atom. The summed E-state index contributed by atoms with van der Waals surface area (Å²) < 4.78 is 14.2. The molecule has 8 aromatic rings. The SMILES string of the molecule is CC1(C)c2ccccc2-c2ccc(N(c3ccccc3)c3cccc4c3Oc3c(ccc5c3-c3ccccc3C53c5ccccc5-c5ccccc53)O4)cc21. The van der Waals surface area contributed by atoms with Gasteiger partial charge in [0.1, 0.15) is 0 Å². The minimum atomic E-state index is -0.470. The van der Waals surface area contributed by atoms with Crippen LogP contribution in [-0.2, 0) is 10.8 Å². The average molecular weight is 706 g/mol. The molecule has 3 heteroatoms. The molecule has 3 aliphatic carbocycles. The van der Waals surface area contributed by atoms with E-state index in [-0.39, 0.29) is 5.41 Å². The molecule has 1 spiro atoms. The molecule has 1 heterocycles. The van der Waals surface area contributed by atoms with Crippen molar-refractivity contribution in [3.63, 3.8) is 0 Å². The fourth-order valence-corrected chi connectivity index (χ4v) is 10.2. The first-order chi connectivity index (χ1) is 27.0. The summed E-state index contributed by atoms with van der Waals surface area (Å²) in [7, 11) is 0. The second-order valence-electron chi connectivity index (χ2n) is 15.6. The second-order valence-corrected chi connectivity index (χ2v) is 15.6. The maximum Gasteiger partial charge on any atom is 0.194 e. The van der Waals surface area contributed by atoms with Crippen LogP contribution >= 0.6 is 0 Å². The van der Waals surface area contributed by atoms with E-state index in [9.17, 15) is 0 Å². The molecule has 8 aromatic carbocycles. The van der Waals surface area contributed by atoms with Gasteiger partial charge in [-0.05, 0) is 104 Å². The number of benzene rings is 8. The summed E-state index contributed by atoms with van der Waals surface area (Å²) in [6, 6.07) is 63.5. The third-order valence-electron chi connectivity index (χ3n) is 12.5. The number of ether oxygens (including phenoxy) is 2. The van der Waals surface area contributed by atoms with E-state index >= 15 is 0 Å². The fourth-order valence-electron chi connectivity index (χ4n) is 10.2. The molecule has 4 aliphatic rings. The summed E-state index contributed by atoms with van der Waals surface area (Å²) in [4.78, 5) is 2.31. The van der Waals surface area contributed by atoms with Crippen LogP contribution in [0.4, 0.5) is 17.1 Å². The van der Waals surface area contributed by atoms with Crippen molar-refractivity contribution >= 4 is 17.1 Å². The van der Waals surface area contributed by atoms with Crippen LogP contribution in [0.2, 0.25) is 0 Å². The number of anilines is 3. The molecule has 0 amide bonds. The number of hydrogen-bond acceptors (Lipinski definition) is 3. The highest BCUT2D eigenvalue weighted by Crippen LogP contribution is 2.67. The van der Waals surface area contributed by atoms with Gasteiger partial charge in [0.05, 0.1) is 11.1 Å². The van der Waals surface area contributed by atoms with E-state index in [1.54, 1.807) is 0 Å². The molecule has 0 saturated carbocycles. The van der Waals surface area contributed by atoms with Gasteiger partial charge in [-0.3, -0.25) is 0 Å². The van der Waals surface area contributed by atoms with Crippen molar-refractivity contribution in [1.29, 1.82) is 0 Å². The normalized spacial score (nSPS) is 14.9. The Morgan fingerprint density at radius 1 is 0.382 bits per heavy atom. The van der Waals surface area contributed by atoms with Crippen molar-refractivity contribution < 1.29 is 9.47 Å². The van der Waals surface area contributed by atoms with Gasteiger partial charge >= 0.3 is 0 Å². The van der Waals surface area contributed by atoms with Crippen molar-refractivity contribution in [1.82, 2.24) is 0 Å². The highest BCUT2D eigenvalue weighted by atomic mass is 16.6. The van der Waals surface area contributed by atoms with Crippen LogP contribution in [0.15, 0.2) is 176 Å². The third kappa shape index (κ3) is 3.89. The maximum atomic E-state index is 7.33. The Balaban J connectivity index is 1.06. The summed E-state index contributed by atoms with van der Waals surface area (Å²) >= 11 is 0. The Morgan fingerprint density at radius 3 is 1.65 bits per heavy atom. The van der Waals surface area contributed by atoms with Crippen LogP contribution in [0.5, 0.6) is 23.0 Å². The number of rotatable bonds is 3. The lowest BCUT2D eigenvalue weighted by Crippen LogP contribution is -2.25. The lowest BCUT2D eigenvalue weighted by molar-refractivity contribution is 0.361. The number of nitrogens with zero attached hydrogens (tertiary/aromatic N) is 1. The highest BCUT2D eigenvalue weighted by molar-refractivity contribution is 5.98. The first-order valence-electron chi connectivity index (χ1n) is 19.1. The predicted octanol–water partition coefficient (Wildman–Crippen LogP) is 13.7. The molecule has 0 N–H and O–H groups in total. The van der Waals surface area contributed by atoms with E-state index in [0.29, 0.717) is 11.5 Å². The summed E-state index contributed by atoms with van der Waals surface area (Å²) in [6.45, 7) is 4.66. The first kappa shape index (κ1) is 30.6. The molecule has 1 aliphatic heterocycles. The molecule has 0 fully saturated rings. The molecule has 55 heavy (non-hydrogen) atoms. The van der Waals surface area contributed by atoms with Crippen molar-refractivity contribution in [2.75, 3.05) is 4.90 Å². The van der Waals surface area contributed by atoms with E-state index in [0.717, 1.165) is 34.1 Å². The molecule has 0 radical (unpaired) electrons. The largest absolute Gasteiger partial charge is 0.449 e. The predicted molar refractivity (Wildman–Crippen MR) is 222 cm³/mol. The molecule has 12 rings (SSSR count). The molecule has 0 saturated heterocycles. The Kier molecular flexibility index (Phi) is 6.05. The monoisotopic (exact) mass is 705 g/mol. The zero-order chi connectivity index (χ0) is 36.5. The molecule has 0 atom stereocenters. The van der Waals surface area contributed by atoms with Gasteiger partial charge in [0, 0.05) is 22.4 Å². The van der Waals surface area contributed by atoms with E-state index in [2.05, 4.69) is 189 Å². The Hall–Kier alpha value is -6.84. The lowest BCUT2D eigenvalue weighted by Gasteiger charge is -2.32. The zero-order valence-corrected chi connectivity index (χ0v) is 30.5. The number of para-hydroxylation sites is 2. The topological polar surface area (TPSA) is 21.7 Å². The third-order valence-corrected chi connectivity index (χ3v) is 12.5. The Bertz CT molecular complexity index is 2880. The van der Waals surface area contributed by atoms with Crippen molar-refractivity contribution in [3.8, 4) is 56.4 Å². The van der Waals surface area contributed by atoms with Crippen LogP contribution < -0.4 is 14.4 Å². The second kappa shape index (κ2) is 10.9. The summed E-state index contributed by atoms with van der Waals surface area (Å²) in [5.74, 6) is 2.86. The summed E-state index contributed by atoms with van der Waals surface area (Å²) in [5.41, 5.74) is 17.6. The van der Waals surface area contributed by atoms with E-state index in [1.165, 1.54) is 61.2 Å². The van der Waals surface area contributed by atoms with Crippen LogP contribution in [0, 0.1) is 0 Å². The standard InChI is InChI=1S/C52H35NO2/c1-51(2)39-21-10-6-17-34(39)37-28-27-33(31-44(37)51)53(32-15-4-3-5-16-32)45-25-14-26-46-49(45)55-50-47(54-46)30-29-43-48(50)38-20-9-13-24-42(38)52(43)40-22-11-7-18-35(40)36-19-8-12-23-41(36)52/h3-31H,1-2H3. The highest BCUT2D eigenvalue weighted by Gasteiger charge is 2.53. The van der Waals surface area contributed by atoms with Crippen molar-refractivity contribution in [2.24, 2.45) is 0 Å². The maximum absolute atomic E-state index is 7.33. The molecule has 0 bridgehead atoms. The van der Waals surface area contributed by atoms with Crippen molar-refractivity contribution in [3.05, 3.63) is 209 Å². The molecule has 0 unspecified atom stereocenters. The van der Waals surface area contributed by atoms with Gasteiger partial charge in [-0.25, -0.2) is 0 Å². The average Bonchev–Trinajstić information content (AvgIpc) is 3.80. The lowest BCUT2D eigenvalue weighted by atomic mass is 9.70. The molecule has 0 aromatic heterocycles. The van der Waals surface area contributed by atoms with Crippen LogP contribution in [-0.4, -0.2) is 0 Å². The van der Waals surface area contributed by atoms with Gasteiger partial charge in [-0.1, -0.05) is 147 Å². The minimum absolute atomic E-state index is 0.139. The smallest absolute Gasteiger partial charge is 0.194 e. The van der Waals surface area contributed by atoms with Gasteiger partial charge in [0.2, 0.25) is 0 Å². The van der Waals surface area contributed by atoms with E-state index in [1.807, 2.05) is 6.07 Å².